The number of aryl methyl sites for hydroxylation is 3. The van der Waals surface area contributed by atoms with Gasteiger partial charge in [0.2, 0.25) is 5.88 Å². The lowest BCUT2D eigenvalue weighted by molar-refractivity contribution is 0.452. The second-order valence-electron chi connectivity index (χ2n) is 4.24. The first-order valence-electron chi connectivity index (χ1n) is 5.62. The van der Waals surface area contributed by atoms with Crippen LogP contribution in [-0.2, 0) is 0 Å². The first-order valence-corrected chi connectivity index (χ1v) is 5.62. The Morgan fingerprint density at radius 3 is 2.33 bits per heavy atom. The third-order valence-corrected chi connectivity index (χ3v) is 2.75. The van der Waals surface area contributed by atoms with Crippen molar-refractivity contribution in [1.29, 1.82) is 0 Å². The molecular weight excluding hydrogens is 230 g/mol. The van der Waals surface area contributed by atoms with Gasteiger partial charge in [0.25, 0.3) is 5.56 Å². The molecule has 94 valence electrons. The van der Waals surface area contributed by atoms with Crippen LogP contribution in [-0.4, -0.2) is 15.1 Å². The molecule has 1 aromatic heterocycles. The molecule has 2 rings (SSSR count). The Hall–Kier alpha value is -2.30. The van der Waals surface area contributed by atoms with Crippen molar-refractivity contribution in [1.82, 2.24) is 9.97 Å². The summed E-state index contributed by atoms with van der Waals surface area (Å²) in [4.78, 5) is 18.1. The molecule has 5 heteroatoms. The van der Waals surface area contributed by atoms with Crippen LogP contribution in [0.25, 0.3) is 0 Å². The van der Waals surface area contributed by atoms with Gasteiger partial charge in [-0.3, -0.25) is 4.79 Å². The number of hydrogen-bond donors (Lipinski definition) is 3. The summed E-state index contributed by atoms with van der Waals surface area (Å²) in [6, 6.07) is 5.80. The van der Waals surface area contributed by atoms with Crippen molar-refractivity contribution in [3.8, 4) is 5.88 Å². The van der Waals surface area contributed by atoms with Crippen LogP contribution < -0.4 is 10.9 Å². The zero-order valence-corrected chi connectivity index (χ0v) is 10.5. The molecule has 0 unspecified atom stereocenters. The van der Waals surface area contributed by atoms with Crippen LogP contribution in [0.5, 0.6) is 5.88 Å². The minimum Gasteiger partial charge on any atom is -0.492 e. The fourth-order valence-corrected chi connectivity index (χ4v) is 1.82. The minimum atomic E-state index is -0.386. The van der Waals surface area contributed by atoms with Gasteiger partial charge < -0.3 is 15.4 Å². The fraction of sp³-hybridized carbons (Fsp3) is 0.231. The largest absolute Gasteiger partial charge is 0.492 e. The van der Waals surface area contributed by atoms with Crippen LogP contribution in [0.4, 0.5) is 11.4 Å². The maximum atomic E-state index is 11.8. The van der Waals surface area contributed by atoms with Gasteiger partial charge in [-0.25, -0.2) is 0 Å². The molecule has 0 radical (unpaired) electrons. The van der Waals surface area contributed by atoms with Crippen molar-refractivity contribution in [3.05, 3.63) is 45.5 Å². The van der Waals surface area contributed by atoms with E-state index in [0.29, 0.717) is 5.82 Å². The summed E-state index contributed by atoms with van der Waals surface area (Å²) in [5.74, 6) is 0.0865. The van der Waals surface area contributed by atoms with Gasteiger partial charge >= 0.3 is 0 Å². The van der Waals surface area contributed by atoms with E-state index in [2.05, 4.69) is 15.3 Å². The lowest BCUT2D eigenvalue weighted by Crippen LogP contribution is -2.15. The van der Waals surface area contributed by atoms with Gasteiger partial charge in [-0.05, 0) is 31.9 Å². The van der Waals surface area contributed by atoms with Crippen LogP contribution in [0.15, 0.2) is 23.0 Å². The third-order valence-electron chi connectivity index (χ3n) is 2.75. The quantitative estimate of drug-likeness (QED) is 0.757. The van der Waals surface area contributed by atoms with Gasteiger partial charge in [0.15, 0.2) is 5.69 Å². The predicted molar refractivity (Wildman–Crippen MR) is 70.5 cm³/mol. The Kier molecular flexibility index (Phi) is 3.06. The summed E-state index contributed by atoms with van der Waals surface area (Å²) in [6.07, 6.45) is 0. The van der Waals surface area contributed by atoms with Crippen LogP contribution in [0.3, 0.4) is 0 Å². The second-order valence-corrected chi connectivity index (χ2v) is 4.24. The zero-order valence-electron chi connectivity index (χ0n) is 10.5. The second kappa shape index (κ2) is 4.52. The van der Waals surface area contributed by atoms with Gasteiger partial charge in [0.1, 0.15) is 5.82 Å². The number of H-pyrrole nitrogens is 1. The number of aromatic hydroxyl groups is 1. The highest BCUT2D eigenvalue weighted by atomic mass is 16.3. The smallest absolute Gasteiger partial charge is 0.278 e. The van der Waals surface area contributed by atoms with E-state index in [1.165, 1.54) is 0 Å². The van der Waals surface area contributed by atoms with Gasteiger partial charge in [-0.2, -0.15) is 4.98 Å². The highest BCUT2D eigenvalue weighted by Gasteiger charge is 2.11. The van der Waals surface area contributed by atoms with Gasteiger partial charge in [0, 0.05) is 5.69 Å². The number of hydrogen-bond acceptors (Lipinski definition) is 4. The summed E-state index contributed by atoms with van der Waals surface area (Å²) in [7, 11) is 0. The first-order chi connectivity index (χ1) is 8.49. The van der Waals surface area contributed by atoms with E-state index in [4.69, 9.17) is 0 Å². The highest BCUT2D eigenvalue weighted by molar-refractivity contribution is 5.68. The Balaban J connectivity index is 2.50. The minimum absolute atomic E-state index is 0.0676. The SMILES string of the molecule is Cc1nc(O)c(Nc2c(C)cccc2C)c(=O)[nH]1. The summed E-state index contributed by atoms with van der Waals surface area (Å²) < 4.78 is 0. The normalized spacial score (nSPS) is 10.4. The summed E-state index contributed by atoms with van der Waals surface area (Å²) in [6.45, 7) is 5.48. The molecule has 5 nitrogen and oxygen atoms in total. The van der Waals surface area contributed by atoms with Gasteiger partial charge in [-0.15, -0.1) is 0 Å². The molecule has 0 amide bonds. The van der Waals surface area contributed by atoms with Crippen molar-refractivity contribution < 1.29 is 5.11 Å². The molecule has 0 saturated heterocycles. The van der Waals surface area contributed by atoms with Crippen LogP contribution in [0.2, 0.25) is 0 Å². The number of aromatic nitrogens is 2. The standard InChI is InChI=1S/C13H15N3O2/c1-7-5-4-6-8(2)10(7)16-11-12(17)14-9(3)15-13(11)18/h4-6,16H,1-3H3,(H2,14,15,17,18). The summed E-state index contributed by atoms with van der Waals surface area (Å²) >= 11 is 0. The van der Waals surface area contributed by atoms with Crippen LogP contribution in [0.1, 0.15) is 17.0 Å². The molecule has 2 aromatic rings. The summed E-state index contributed by atoms with van der Waals surface area (Å²) in [5, 5.41) is 12.7. The van der Waals surface area contributed by atoms with E-state index in [0.717, 1.165) is 16.8 Å². The maximum absolute atomic E-state index is 11.8. The molecule has 0 fully saturated rings. The van der Waals surface area contributed by atoms with Crippen molar-refractivity contribution in [3.63, 3.8) is 0 Å². The van der Waals surface area contributed by atoms with Crippen molar-refractivity contribution in [2.75, 3.05) is 5.32 Å². The summed E-state index contributed by atoms with van der Waals surface area (Å²) in [5.41, 5.74) is 2.48. The average molecular weight is 245 g/mol. The Morgan fingerprint density at radius 2 is 1.78 bits per heavy atom. The number of anilines is 2. The highest BCUT2D eigenvalue weighted by Crippen LogP contribution is 2.25. The molecule has 18 heavy (non-hydrogen) atoms. The van der Waals surface area contributed by atoms with E-state index >= 15 is 0 Å². The molecule has 0 aliphatic heterocycles. The van der Waals surface area contributed by atoms with Crippen LogP contribution in [0, 0.1) is 20.8 Å². The van der Waals surface area contributed by atoms with E-state index in [1.807, 2.05) is 32.0 Å². The monoisotopic (exact) mass is 245 g/mol. The number of benzene rings is 1. The van der Waals surface area contributed by atoms with E-state index in [9.17, 15) is 9.90 Å². The van der Waals surface area contributed by atoms with E-state index in [1.54, 1.807) is 6.92 Å². The Labute approximate surface area is 105 Å². The molecule has 1 heterocycles. The number of nitrogens with zero attached hydrogens (tertiary/aromatic N) is 1. The number of rotatable bonds is 2. The molecule has 0 atom stereocenters. The number of nitrogens with one attached hydrogen (secondary N) is 2. The molecule has 0 bridgehead atoms. The molecule has 1 aromatic carbocycles. The Morgan fingerprint density at radius 1 is 1.17 bits per heavy atom. The van der Waals surface area contributed by atoms with Crippen molar-refractivity contribution >= 4 is 11.4 Å². The molecule has 0 spiro atoms. The van der Waals surface area contributed by atoms with Crippen LogP contribution >= 0.6 is 0 Å². The van der Waals surface area contributed by atoms with Gasteiger partial charge in [0.05, 0.1) is 0 Å². The maximum Gasteiger partial charge on any atom is 0.278 e. The lowest BCUT2D eigenvalue weighted by atomic mass is 10.1. The zero-order chi connectivity index (χ0) is 13.3. The lowest BCUT2D eigenvalue weighted by Gasteiger charge is -2.12. The van der Waals surface area contributed by atoms with Crippen molar-refractivity contribution in [2.24, 2.45) is 0 Å². The third kappa shape index (κ3) is 2.20. The molecule has 3 N–H and O–H groups in total. The van der Waals surface area contributed by atoms with E-state index < -0.39 is 0 Å². The van der Waals surface area contributed by atoms with Gasteiger partial charge in [-0.1, -0.05) is 18.2 Å². The predicted octanol–water partition coefficient (Wildman–Crippen LogP) is 2.14. The molecular formula is C13H15N3O2. The molecule has 0 saturated carbocycles. The van der Waals surface area contributed by atoms with Crippen molar-refractivity contribution in [2.45, 2.75) is 20.8 Å². The molecule has 0 aliphatic rings. The topological polar surface area (TPSA) is 78.0 Å². The first kappa shape index (κ1) is 12.2. The Bertz CT molecular complexity index is 627. The molecule has 0 aliphatic carbocycles. The number of para-hydroxylation sites is 1. The fourth-order valence-electron chi connectivity index (χ4n) is 1.82. The van der Waals surface area contributed by atoms with E-state index in [-0.39, 0.29) is 17.1 Å². The average Bonchev–Trinajstić information content (AvgIpc) is 2.26. The number of aromatic amines is 1.